The molecule has 25 heavy (non-hydrogen) atoms. The summed E-state index contributed by atoms with van der Waals surface area (Å²) in [6.45, 7) is 0.710. The summed E-state index contributed by atoms with van der Waals surface area (Å²) in [6.07, 6.45) is 6.90. The zero-order valence-electron chi connectivity index (χ0n) is 13.5. The number of hydrogen-bond donors (Lipinski definition) is 1. The molecule has 4 rings (SSSR count). The van der Waals surface area contributed by atoms with Gasteiger partial charge in [0.1, 0.15) is 0 Å². The minimum absolute atomic E-state index is 0.642. The molecule has 0 radical (unpaired) electrons. The van der Waals surface area contributed by atoms with Gasteiger partial charge in [-0.2, -0.15) is 5.10 Å². The Hall–Kier alpha value is -1.51. The van der Waals surface area contributed by atoms with E-state index >= 15 is 0 Å². The average Bonchev–Trinajstić information content (AvgIpc) is 3.22. The highest BCUT2D eigenvalue weighted by Crippen LogP contribution is 2.45. The molecule has 5 nitrogen and oxygen atoms in total. The molecule has 0 saturated heterocycles. The first-order chi connectivity index (χ1) is 12.2. The van der Waals surface area contributed by atoms with E-state index in [1.807, 2.05) is 24.5 Å². The predicted octanol–water partition coefficient (Wildman–Crippen LogP) is 3.70. The number of thioether (sulfide) groups is 1. The maximum absolute atomic E-state index is 13.1. The Labute approximate surface area is 160 Å². The second kappa shape index (κ2) is 7.01. The van der Waals surface area contributed by atoms with Crippen LogP contribution in [0.3, 0.4) is 0 Å². The number of nitrogens with zero attached hydrogens (tertiary/aromatic N) is 3. The van der Waals surface area contributed by atoms with E-state index in [0.717, 1.165) is 48.3 Å². The quantitative estimate of drug-likeness (QED) is 0.795. The molecule has 0 bridgehead atoms. The lowest BCUT2D eigenvalue weighted by Gasteiger charge is -2.18. The summed E-state index contributed by atoms with van der Waals surface area (Å²) in [7, 11) is -1.19. The van der Waals surface area contributed by atoms with Gasteiger partial charge < -0.3 is 0 Å². The number of nitrogens with one attached hydrogen (secondary N) is 1. The molecule has 0 fully saturated rings. The van der Waals surface area contributed by atoms with Crippen molar-refractivity contribution in [1.29, 1.82) is 0 Å². The van der Waals surface area contributed by atoms with E-state index in [1.165, 1.54) is 11.8 Å². The van der Waals surface area contributed by atoms with Crippen LogP contribution in [-0.2, 0) is 17.2 Å². The van der Waals surface area contributed by atoms with Gasteiger partial charge in [0.15, 0.2) is 0 Å². The molecule has 128 valence electrons. The van der Waals surface area contributed by atoms with Gasteiger partial charge in [-0.25, -0.2) is 4.21 Å². The van der Waals surface area contributed by atoms with Crippen molar-refractivity contribution in [3.05, 3.63) is 61.8 Å². The van der Waals surface area contributed by atoms with Crippen molar-refractivity contribution in [3.8, 4) is 0 Å². The minimum Gasteiger partial charge on any atom is -0.288 e. The van der Waals surface area contributed by atoms with Crippen molar-refractivity contribution >= 4 is 49.1 Å². The van der Waals surface area contributed by atoms with Crippen molar-refractivity contribution in [2.75, 3.05) is 12.8 Å². The van der Waals surface area contributed by atoms with E-state index in [1.54, 1.807) is 12.4 Å². The third kappa shape index (κ3) is 3.07. The zero-order chi connectivity index (χ0) is 17.4. The maximum atomic E-state index is 13.1. The summed E-state index contributed by atoms with van der Waals surface area (Å²) in [5.41, 5.74) is 4.94. The van der Waals surface area contributed by atoms with Crippen molar-refractivity contribution in [2.24, 2.45) is 4.99 Å². The Morgan fingerprint density at radius 2 is 2.24 bits per heavy atom. The van der Waals surface area contributed by atoms with E-state index in [2.05, 4.69) is 31.1 Å². The van der Waals surface area contributed by atoms with E-state index in [-0.39, 0.29) is 0 Å². The summed E-state index contributed by atoms with van der Waals surface area (Å²) in [5, 5.41) is 6.98. The van der Waals surface area contributed by atoms with Gasteiger partial charge in [0.2, 0.25) is 0 Å². The Morgan fingerprint density at radius 1 is 1.36 bits per heavy atom. The van der Waals surface area contributed by atoms with E-state index in [9.17, 15) is 4.21 Å². The van der Waals surface area contributed by atoms with Crippen LogP contribution in [0.5, 0.6) is 0 Å². The highest BCUT2D eigenvalue weighted by atomic mass is 79.9. The molecule has 1 unspecified atom stereocenters. The molecule has 0 spiro atoms. The first-order valence-electron chi connectivity index (χ1n) is 7.76. The lowest BCUT2D eigenvalue weighted by molar-refractivity contribution is 0.693. The van der Waals surface area contributed by atoms with Crippen LogP contribution in [0.1, 0.15) is 17.8 Å². The average molecular weight is 435 g/mol. The predicted molar refractivity (Wildman–Crippen MR) is 107 cm³/mol. The number of hydrogen-bond acceptors (Lipinski definition) is 5. The Bertz CT molecular complexity index is 930. The number of aromatic amines is 1. The second-order valence-corrected chi connectivity index (χ2v) is 8.98. The molecule has 2 aliphatic heterocycles. The first kappa shape index (κ1) is 16.9. The van der Waals surface area contributed by atoms with Gasteiger partial charge in [0, 0.05) is 41.1 Å². The summed E-state index contributed by atoms with van der Waals surface area (Å²) in [6, 6.07) is 5.85. The van der Waals surface area contributed by atoms with E-state index in [4.69, 9.17) is 4.99 Å². The summed E-state index contributed by atoms with van der Waals surface area (Å²) < 4.78 is 14.9. The number of rotatable bonds is 4. The second-order valence-electron chi connectivity index (χ2n) is 5.64. The SMILES string of the molecule is CSC1=C2C(Cc3ccc(Br)cn3)=NCCC2=C(c2ccn[nH]2)S1=O. The van der Waals surface area contributed by atoms with Crippen LogP contribution < -0.4 is 0 Å². The molecule has 8 heteroatoms. The fourth-order valence-electron chi connectivity index (χ4n) is 3.10. The third-order valence-electron chi connectivity index (χ3n) is 4.15. The Balaban J connectivity index is 1.77. The molecule has 1 N–H and O–H groups in total. The van der Waals surface area contributed by atoms with Crippen LogP contribution in [0, 0.1) is 0 Å². The van der Waals surface area contributed by atoms with Crippen LogP contribution in [0.25, 0.3) is 4.91 Å². The van der Waals surface area contributed by atoms with E-state index < -0.39 is 10.8 Å². The van der Waals surface area contributed by atoms with Gasteiger partial charge in [-0.05, 0) is 52.4 Å². The molecular weight excluding hydrogens is 420 g/mol. The van der Waals surface area contributed by atoms with Crippen molar-refractivity contribution < 1.29 is 4.21 Å². The number of aliphatic imine (C=N–C) groups is 1. The lowest BCUT2D eigenvalue weighted by Crippen LogP contribution is -2.16. The summed E-state index contributed by atoms with van der Waals surface area (Å²) in [4.78, 5) is 10.1. The molecule has 4 heterocycles. The van der Waals surface area contributed by atoms with Crippen LogP contribution in [0.2, 0.25) is 0 Å². The maximum Gasteiger partial charge on any atom is 0.0946 e. The highest BCUT2D eigenvalue weighted by molar-refractivity contribution is 9.10. The molecule has 2 aliphatic rings. The Kier molecular flexibility index (Phi) is 4.75. The number of aromatic nitrogens is 3. The number of halogens is 1. The smallest absolute Gasteiger partial charge is 0.0946 e. The zero-order valence-corrected chi connectivity index (χ0v) is 16.7. The van der Waals surface area contributed by atoms with Crippen LogP contribution in [0.15, 0.2) is 55.4 Å². The van der Waals surface area contributed by atoms with Crippen LogP contribution in [-0.4, -0.2) is 37.9 Å². The standard InChI is InChI=1S/C17H15BrN4OS2/c1-24-17-15-12(16(25(17)23)13-5-7-21-22-13)4-6-19-14(15)8-11-3-2-10(18)9-20-11/h2-3,5,7,9H,4,6,8H2,1H3,(H,21,22). The largest absolute Gasteiger partial charge is 0.288 e. The molecule has 2 aromatic rings. The van der Waals surface area contributed by atoms with E-state index in [0.29, 0.717) is 13.0 Å². The van der Waals surface area contributed by atoms with Crippen LogP contribution in [0.4, 0.5) is 0 Å². The molecule has 0 saturated carbocycles. The summed E-state index contributed by atoms with van der Waals surface area (Å²) >= 11 is 4.95. The number of H-pyrrole nitrogens is 1. The Morgan fingerprint density at radius 3 is 2.92 bits per heavy atom. The number of allylic oxidation sites excluding steroid dienone is 1. The van der Waals surface area contributed by atoms with Crippen LogP contribution >= 0.6 is 27.7 Å². The number of fused-ring (bicyclic) bond motifs is 1. The third-order valence-corrected chi connectivity index (χ3v) is 7.53. The van der Waals surface area contributed by atoms with Gasteiger partial charge in [-0.15, -0.1) is 11.8 Å². The van der Waals surface area contributed by atoms with Gasteiger partial charge in [-0.3, -0.25) is 15.1 Å². The molecule has 1 atom stereocenters. The topological polar surface area (TPSA) is 71.0 Å². The van der Waals surface area contributed by atoms with Gasteiger partial charge in [0.05, 0.1) is 31.3 Å². The molecule has 0 aliphatic carbocycles. The molecule has 0 aromatic carbocycles. The first-order valence-corrected chi connectivity index (χ1v) is 10.9. The normalized spacial score (nSPS) is 20.1. The molecular formula is C17H15BrN4OS2. The highest BCUT2D eigenvalue weighted by Gasteiger charge is 2.36. The van der Waals surface area contributed by atoms with Crippen molar-refractivity contribution in [2.45, 2.75) is 12.8 Å². The molecule has 2 aromatic heterocycles. The summed E-state index contributed by atoms with van der Waals surface area (Å²) in [5.74, 6) is 0. The number of pyridine rings is 1. The van der Waals surface area contributed by atoms with Gasteiger partial charge in [-0.1, -0.05) is 0 Å². The fraction of sp³-hybridized carbons (Fsp3) is 0.235. The molecule has 0 amide bonds. The van der Waals surface area contributed by atoms with Gasteiger partial charge >= 0.3 is 0 Å². The lowest BCUT2D eigenvalue weighted by atomic mass is 9.93. The van der Waals surface area contributed by atoms with Crippen molar-refractivity contribution in [1.82, 2.24) is 15.2 Å². The monoisotopic (exact) mass is 434 g/mol. The minimum atomic E-state index is -1.19. The van der Waals surface area contributed by atoms with Gasteiger partial charge in [0.25, 0.3) is 0 Å². The van der Waals surface area contributed by atoms with Crippen molar-refractivity contribution in [3.63, 3.8) is 0 Å². The fourth-order valence-corrected chi connectivity index (χ4v) is 5.98.